The summed E-state index contributed by atoms with van der Waals surface area (Å²) in [5.74, 6) is -1.22. The van der Waals surface area contributed by atoms with Gasteiger partial charge in [0.15, 0.2) is 0 Å². The first kappa shape index (κ1) is 19.9. The Labute approximate surface area is 168 Å². The van der Waals surface area contributed by atoms with Crippen LogP contribution in [0.1, 0.15) is 42.1 Å². The molecule has 2 aromatic carbocycles. The van der Waals surface area contributed by atoms with Crippen LogP contribution in [0.25, 0.3) is 0 Å². The highest BCUT2D eigenvalue weighted by molar-refractivity contribution is 6.34. The smallest absolute Gasteiger partial charge is 0.255 e. The molecule has 1 unspecified atom stereocenters. The summed E-state index contributed by atoms with van der Waals surface area (Å²) >= 11 is 6.29. The number of hydrogen-bond donors (Lipinski definition) is 2. The van der Waals surface area contributed by atoms with Crippen molar-refractivity contribution in [2.75, 3.05) is 23.7 Å². The van der Waals surface area contributed by atoms with E-state index in [1.165, 1.54) is 0 Å². The Morgan fingerprint density at radius 3 is 2.57 bits per heavy atom. The van der Waals surface area contributed by atoms with E-state index in [4.69, 9.17) is 11.6 Å². The fourth-order valence-corrected chi connectivity index (χ4v) is 3.58. The molecule has 0 aliphatic carbocycles. The van der Waals surface area contributed by atoms with Crippen LogP contribution in [0, 0.1) is 0 Å². The molecule has 6 nitrogen and oxygen atoms in total. The van der Waals surface area contributed by atoms with Gasteiger partial charge < -0.3 is 15.5 Å². The second kappa shape index (κ2) is 8.44. The SMILES string of the molecule is CCN(CC)C(=O)c1ccc(NC(=O)C2CC(=O)Nc3ccccc32)cc1Cl. The Hall–Kier alpha value is -2.86. The highest BCUT2D eigenvalue weighted by atomic mass is 35.5. The molecule has 0 spiro atoms. The molecule has 0 bridgehead atoms. The molecule has 28 heavy (non-hydrogen) atoms. The second-order valence-electron chi connectivity index (χ2n) is 6.55. The van der Waals surface area contributed by atoms with Gasteiger partial charge in [-0.05, 0) is 43.7 Å². The van der Waals surface area contributed by atoms with Gasteiger partial charge in [-0.15, -0.1) is 0 Å². The van der Waals surface area contributed by atoms with Crippen molar-refractivity contribution in [1.82, 2.24) is 4.90 Å². The molecule has 2 aromatic rings. The second-order valence-corrected chi connectivity index (χ2v) is 6.96. The van der Waals surface area contributed by atoms with Crippen molar-refractivity contribution < 1.29 is 14.4 Å². The predicted octanol–water partition coefficient (Wildman–Crippen LogP) is 3.89. The molecule has 2 N–H and O–H groups in total. The van der Waals surface area contributed by atoms with Crippen LogP contribution in [-0.2, 0) is 9.59 Å². The highest BCUT2D eigenvalue weighted by Crippen LogP contribution is 2.33. The molecular formula is C21H22ClN3O3. The van der Waals surface area contributed by atoms with E-state index in [1.807, 2.05) is 32.0 Å². The van der Waals surface area contributed by atoms with Gasteiger partial charge in [0.05, 0.1) is 16.5 Å². The van der Waals surface area contributed by atoms with Crippen LogP contribution in [0.3, 0.4) is 0 Å². The van der Waals surface area contributed by atoms with E-state index in [0.29, 0.717) is 30.0 Å². The lowest BCUT2D eigenvalue weighted by Gasteiger charge is -2.25. The van der Waals surface area contributed by atoms with Crippen LogP contribution in [0.5, 0.6) is 0 Å². The highest BCUT2D eigenvalue weighted by Gasteiger charge is 2.30. The van der Waals surface area contributed by atoms with E-state index in [1.54, 1.807) is 29.2 Å². The average molecular weight is 400 g/mol. The van der Waals surface area contributed by atoms with Gasteiger partial charge in [0.25, 0.3) is 5.91 Å². The lowest BCUT2D eigenvalue weighted by Crippen LogP contribution is -2.31. The molecule has 1 aliphatic heterocycles. The standard InChI is InChI=1S/C21H22ClN3O3/c1-3-25(4-2)21(28)15-10-9-13(11-17(15)22)23-20(27)16-12-19(26)24-18-8-6-5-7-14(16)18/h5-11,16H,3-4,12H2,1-2H3,(H,23,27)(H,24,26). The molecule has 0 fully saturated rings. The van der Waals surface area contributed by atoms with Gasteiger partial charge in [-0.25, -0.2) is 0 Å². The summed E-state index contributed by atoms with van der Waals surface area (Å²) in [6, 6.07) is 12.1. The molecule has 3 rings (SSSR count). The predicted molar refractivity (Wildman–Crippen MR) is 110 cm³/mol. The van der Waals surface area contributed by atoms with Crippen molar-refractivity contribution in [1.29, 1.82) is 0 Å². The maximum atomic E-state index is 12.8. The minimum absolute atomic E-state index is 0.0785. The average Bonchev–Trinajstić information content (AvgIpc) is 2.68. The maximum absolute atomic E-state index is 12.8. The Bertz CT molecular complexity index is 925. The molecule has 1 atom stereocenters. The number of carbonyl (C=O) groups is 3. The van der Waals surface area contributed by atoms with Crippen LogP contribution in [0.2, 0.25) is 5.02 Å². The summed E-state index contributed by atoms with van der Waals surface area (Å²) in [6.45, 7) is 4.99. The van der Waals surface area contributed by atoms with Gasteiger partial charge in [0.2, 0.25) is 11.8 Å². The van der Waals surface area contributed by atoms with Crippen LogP contribution < -0.4 is 10.6 Å². The molecule has 0 radical (unpaired) electrons. The largest absolute Gasteiger partial charge is 0.339 e. The van der Waals surface area contributed by atoms with Gasteiger partial charge >= 0.3 is 0 Å². The number of fused-ring (bicyclic) bond motifs is 1. The van der Waals surface area contributed by atoms with E-state index in [9.17, 15) is 14.4 Å². The zero-order valence-electron chi connectivity index (χ0n) is 15.8. The zero-order chi connectivity index (χ0) is 20.3. The molecule has 7 heteroatoms. The third-order valence-corrected chi connectivity index (χ3v) is 5.15. The van der Waals surface area contributed by atoms with Crippen molar-refractivity contribution in [3.8, 4) is 0 Å². The monoisotopic (exact) mass is 399 g/mol. The maximum Gasteiger partial charge on any atom is 0.255 e. The van der Waals surface area contributed by atoms with Gasteiger partial charge in [-0.2, -0.15) is 0 Å². The fourth-order valence-electron chi connectivity index (χ4n) is 3.32. The molecular weight excluding hydrogens is 378 g/mol. The number of anilines is 2. The van der Waals surface area contributed by atoms with Gasteiger partial charge in [0, 0.05) is 30.9 Å². The first-order chi connectivity index (χ1) is 13.4. The molecule has 0 saturated heterocycles. The molecule has 0 saturated carbocycles. The van der Waals surface area contributed by atoms with Crippen LogP contribution >= 0.6 is 11.6 Å². The normalized spacial score (nSPS) is 15.4. The Balaban J connectivity index is 1.79. The van der Waals surface area contributed by atoms with E-state index in [0.717, 1.165) is 5.56 Å². The summed E-state index contributed by atoms with van der Waals surface area (Å²) < 4.78 is 0. The number of carbonyl (C=O) groups excluding carboxylic acids is 3. The third kappa shape index (κ3) is 4.02. The third-order valence-electron chi connectivity index (χ3n) is 4.83. The summed E-state index contributed by atoms with van der Waals surface area (Å²) in [6.07, 6.45) is 0.0785. The fraction of sp³-hybridized carbons (Fsp3) is 0.286. The first-order valence-corrected chi connectivity index (χ1v) is 9.60. The lowest BCUT2D eigenvalue weighted by atomic mass is 9.90. The van der Waals surface area contributed by atoms with Gasteiger partial charge in [-0.3, -0.25) is 14.4 Å². The first-order valence-electron chi connectivity index (χ1n) is 9.23. The summed E-state index contributed by atoms with van der Waals surface area (Å²) in [5.41, 5.74) is 2.30. The Morgan fingerprint density at radius 2 is 1.89 bits per heavy atom. The number of nitrogens with zero attached hydrogens (tertiary/aromatic N) is 1. The Kier molecular flexibility index (Phi) is 5.99. The number of rotatable bonds is 5. The molecule has 1 heterocycles. The van der Waals surface area contributed by atoms with Crippen LogP contribution in [0.4, 0.5) is 11.4 Å². The molecule has 3 amide bonds. The minimum atomic E-state index is -0.583. The Morgan fingerprint density at radius 1 is 1.18 bits per heavy atom. The molecule has 146 valence electrons. The minimum Gasteiger partial charge on any atom is -0.339 e. The number of hydrogen-bond acceptors (Lipinski definition) is 3. The quantitative estimate of drug-likeness (QED) is 0.800. The number of nitrogens with one attached hydrogen (secondary N) is 2. The van der Waals surface area contributed by atoms with E-state index >= 15 is 0 Å². The van der Waals surface area contributed by atoms with Crippen molar-refractivity contribution in [3.05, 3.63) is 58.6 Å². The van der Waals surface area contributed by atoms with Crippen molar-refractivity contribution in [2.45, 2.75) is 26.2 Å². The van der Waals surface area contributed by atoms with E-state index in [2.05, 4.69) is 10.6 Å². The van der Waals surface area contributed by atoms with Crippen LogP contribution in [0.15, 0.2) is 42.5 Å². The summed E-state index contributed by atoms with van der Waals surface area (Å²) in [5, 5.41) is 5.86. The number of para-hydroxylation sites is 1. The van der Waals surface area contributed by atoms with Crippen LogP contribution in [-0.4, -0.2) is 35.7 Å². The van der Waals surface area contributed by atoms with Crippen molar-refractivity contribution in [2.24, 2.45) is 0 Å². The summed E-state index contributed by atoms with van der Waals surface area (Å²) in [7, 11) is 0. The number of benzene rings is 2. The van der Waals surface area contributed by atoms with Gasteiger partial charge in [-0.1, -0.05) is 29.8 Å². The molecule has 1 aliphatic rings. The zero-order valence-corrected chi connectivity index (χ0v) is 16.5. The van der Waals surface area contributed by atoms with Crippen molar-refractivity contribution >= 4 is 40.7 Å². The van der Waals surface area contributed by atoms with E-state index < -0.39 is 5.92 Å². The van der Waals surface area contributed by atoms with Gasteiger partial charge in [0.1, 0.15) is 0 Å². The molecule has 0 aromatic heterocycles. The van der Waals surface area contributed by atoms with E-state index in [-0.39, 0.29) is 29.2 Å². The topological polar surface area (TPSA) is 78.5 Å². The number of amides is 3. The van der Waals surface area contributed by atoms with Crippen molar-refractivity contribution in [3.63, 3.8) is 0 Å². The lowest BCUT2D eigenvalue weighted by molar-refractivity contribution is -0.123. The summed E-state index contributed by atoms with van der Waals surface area (Å²) in [4.78, 5) is 38.9. The number of halogens is 1.